The van der Waals surface area contributed by atoms with Gasteiger partial charge < -0.3 is 5.73 Å². The highest BCUT2D eigenvalue weighted by molar-refractivity contribution is 5.95. The van der Waals surface area contributed by atoms with Gasteiger partial charge >= 0.3 is 0 Å². The van der Waals surface area contributed by atoms with Gasteiger partial charge in [0.1, 0.15) is 0 Å². The second-order valence-electron chi connectivity index (χ2n) is 4.25. The van der Waals surface area contributed by atoms with Gasteiger partial charge in [-0.05, 0) is 12.0 Å². The lowest BCUT2D eigenvalue weighted by molar-refractivity contribution is 0.613. The zero-order valence-corrected chi connectivity index (χ0v) is 10.1. The lowest BCUT2D eigenvalue weighted by Gasteiger charge is -2.25. The molecule has 0 radical (unpaired) electrons. The van der Waals surface area contributed by atoms with E-state index in [-0.39, 0.29) is 0 Å². The molecule has 4 heteroatoms. The zero-order valence-electron chi connectivity index (χ0n) is 10.1. The van der Waals surface area contributed by atoms with Crippen molar-refractivity contribution >= 4 is 23.6 Å². The van der Waals surface area contributed by atoms with E-state index in [4.69, 9.17) is 5.73 Å². The molecule has 0 aliphatic carbocycles. The molecule has 1 heterocycles. The van der Waals surface area contributed by atoms with Gasteiger partial charge in [-0.2, -0.15) is 5.10 Å². The monoisotopic (exact) mass is 228 g/mol. The van der Waals surface area contributed by atoms with Crippen LogP contribution in [0.1, 0.15) is 19.4 Å². The lowest BCUT2D eigenvalue weighted by atomic mass is 10.1. The van der Waals surface area contributed by atoms with Crippen molar-refractivity contribution in [2.45, 2.75) is 13.8 Å². The van der Waals surface area contributed by atoms with Crippen LogP contribution in [0.5, 0.6) is 0 Å². The van der Waals surface area contributed by atoms with Crippen molar-refractivity contribution in [2.75, 3.05) is 0 Å². The van der Waals surface area contributed by atoms with Crippen LogP contribution in [-0.2, 0) is 0 Å². The molecular formula is C13H16N4. The van der Waals surface area contributed by atoms with Crippen LogP contribution in [0.2, 0.25) is 0 Å². The minimum Gasteiger partial charge on any atom is -0.368 e. The van der Waals surface area contributed by atoms with Crippen molar-refractivity contribution in [1.29, 1.82) is 0 Å². The number of guanidine groups is 1. The number of nitrogens with two attached hydrogens (primary N) is 1. The standard InChI is InChI=1S/C13H16N4/c1-9(2)8-15-17-10(3)11-6-4-5-7-12(11)16-13(17)14/h4-9H,3H2,1-2H3,(H2,14,16)/b15-8-. The van der Waals surface area contributed by atoms with Gasteiger partial charge in [-0.15, -0.1) is 0 Å². The van der Waals surface area contributed by atoms with E-state index in [1.807, 2.05) is 30.5 Å². The van der Waals surface area contributed by atoms with Crippen LogP contribution in [0, 0.1) is 5.92 Å². The van der Waals surface area contributed by atoms with Gasteiger partial charge in [0.05, 0.1) is 11.4 Å². The maximum Gasteiger partial charge on any atom is 0.222 e. The van der Waals surface area contributed by atoms with E-state index in [9.17, 15) is 0 Å². The molecule has 0 fully saturated rings. The Kier molecular flexibility index (Phi) is 2.95. The molecule has 1 aromatic rings. The van der Waals surface area contributed by atoms with E-state index in [1.54, 1.807) is 5.01 Å². The molecule has 1 aliphatic heterocycles. The first-order chi connectivity index (χ1) is 8.09. The summed E-state index contributed by atoms with van der Waals surface area (Å²) in [6, 6.07) is 7.75. The second-order valence-corrected chi connectivity index (χ2v) is 4.25. The van der Waals surface area contributed by atoms with E-state index in [0.29, 0.717) is 11.9 Å². The minimum atomic E-state index is 0.352. The van der Waals surface area contributed by atoms with Gasteiger partial charge in [0.15, 0.2) is 0 Å². The van der Waals surface area contributed by atoms with Crippen LogP contribution < -0.4 is 5.73 Å². The van der Waals surface area contributed by atoms with Crippen LogP contribution in [0.15, 0.2) is 40.9 Å². The molecule has 0 atom stereocenters. The molecule has 0 saturated carbocycles. The number of hydrogen-bond acceptors (Lipinski definition) is 4. The number of aliphatic imine (C=N–C) groups is 1. The van der Waals surface area contributed by atoms with Crippen molar-refractivity contribution in [3.05, 3.63) is 36.4 Å². The Morgan fingerprint density at radius 3 is 2.82 bits per heavy atom. The van der Waals surface area contributed by atoms with Crippen LogP contribution in [0.4, 0.5) is 5.69 Å². The molecule has 1 aliphatic rings. The largest absolute Gasteiger partial charge is 0.368 e. The molecule has 4 nitrogen and oxygen atoms in total. The van der Waals surface area contributed by atoms with Crippen LogP contribution in [0.3, 0.4) is 0 Å². The van der Waals surface area contributed by atoms with E-state index in [2.05, 4.69) is 30.5 Å². The van der Waals surface area contributed by atoms with E-state index < -0.39 is 0 Å². The van der Waals surface area contributed by atoms with Crippen molar-refractivity contribution in [3.8, 4) is 0 Å². The Balaban J connectivity index is 2.38. The molecule has 0 unspecified atom stereocenters. The highest BCUT2D eigenvalue weighted by Gasteiger charge is 2.20. The molecule has 0 saturated heterocycles. The third-order valence-corrected chi connectivity index (χ3v) is 2.40. The van der Waals surface area contributed by atoms with Crippen molar-refractivity contribution in [1.82, 2.24) is 5.01 Å². The summed E-state index contributed by atoms with van der Waals surface area (Å²) in [7, 11) is 0. The number of hydrazone groups is 1. The summed E-state index contributed by atoms with van der Waals surface area (Å²) < 4.78 is 0. The number of fused-ring (bicyclic) bond motifs is 1. The molecule has 0 spiro atoms. The Morgan fingerprint density at radius 2 is 2.12 bits per heavy atom. The van der Waals surface area contributed by atoms with E-state index in [1.165, 1.54) is 0 Å². The summed E-state index contributed by atoms with van der Waals surface area (Å²) in [5.74, 6) is 0.707. The molecule has 2 rings (SSSR count). The average Bonchev–Trinajstić information content (AvgIpc) is 2.28. The van der Waals surface area contributed by atoms with Crippen molar-refractivity contribution in [3.63, 3.8) is 0 Å². The molecule has 1 aromatic carbocycles. The molecule has 88 valence electrons. The first-order valence-corrected chi connectivity index (χ1v) is 5.56. The highest BCUT2D eigenvalue weighted by Crippen LogP contribution is 2.31. The third-order valence-electron chi connectivity index (χ3n) is 2.40. The van der Waals surface area contributed by atoms with Gasteiger partial charge in [0.2, 0.25) is 5.96 Å². The molecule has 17 heavy (non-hydrogen) atoms. The molecule has 0 bridgehead atoms. The summed E-state index contributed by atoms with van der Waals surface area (Å²) in [5, 5.41) is 5.87. The molecular weight excluding hydrogens is 212 g/mol. The number of nitrogens with zero attached hydrogens (tertiary/aromatic N) is 3. The number of benzene rings is 1. The Labute approximate surface area is 101 Å². The highest BCUT2D eigenvalue weighted by atomic mass is 15.5. The van der Waals surface area contributed by atoms with Gasteiger partial charge in [0, 0.05) is 11.8 Å². The fraction of sp³-hybridized carbons (Fsp3) is 0.231. The zero-order chi connectivity index (χ0) is 12.4. The second kappa shape index (κ2) is 4.41. The molecule has 0 amide bonds. The number of rotatable bonds is 2. The van der Waals surface area contributed by atoms with Crippen LogP contribution in [-0.4, -0.2) is 17.2 Å². The number of para-hydroxylation sites is 1. The minimum absolute atomic E-state index is 0.352. The number of hydrogen-bond donors (Lipinski definition) is 1. The predicted octanol–water partition coefficient (Wildman–Crippen LogP) is 2.56. The molecule has 0 aromatic heterocycles. The Hall–Kier alpha value is -2.10. The summed E-state index contributed by atoms with van der Waals surface area (Å²) in [4.78, 5) is 4.30. The maximum absolute atomic E-state index is 5.87. The first kappa shape index (κ1) is 11.4. The third kappa shape index (κ3) is 2.20. The fourth-order valence-electron chi connectivity index (χ4n) is 1.57. The smallest absolute Gasteiger partial charge is 0.222 e. The Bertz CT molecular complexity index is 500. The topological polar surface area (TPSA) is 54.0 Å². The quantitative estimate of drug-likeness (QED) is 0.791. The summed E-state index contributed by atoms with van der Waals surface area (Å²) in [6.07, 6.45) is 1.82. The summed E-state index contributed by atoms with van der Waals surface area (Å²) in [5.41, 5.74) is 8.43. The predicted molar refractivity (Wildman–Crippen MR) is 71.9 cm³/mol. The maximum atomic E-state index is 5.87. The summed E-state index contributed by atoms with van der Waals surface area (Å²) >= 11 is 0. The van der Waals surface area contributed by atoms with Gasteiger partial charge in [-0.3, -0.25) is 0 Å². The normalized spacial score (nSPS) is 15.4. The van der Waals surface area contributed by atoms with Gasteiger partial charge in [-0.1, -0.05) is 38.6 Å². The fourth-order valence-corrected chi connectivity index (χ4v) is 1.57. The average molecular weight is 228 g/mol. The van der Waals surface area contributed by atoms with Crippen molar-refractivity contribution in [2.24, 2.45) is 21.7 Å². The summed E-state index contributed by atoms with van der Waals surface area (Å²) in [6.45, 7) is 8.12. The van der Waals surface area contributed by atoms with E-state index in [0.717, 1.165) is 16.9 Å². The Morgan fingerprint density at radius 1 is 1.41 bits per heavy atom. The van der Waals surface area contributed by atoms with Crippen LogP contribution in [0.25, 0.3) is 5.70 Å². The molecule has 2 N–H and O–H groups in total. The van der Waals surface area contributed by atoms with Crippen molar-refractivity contribution < 1.29 is 0 Å². The van der Waals surface area contributed by atoms with Gasteiger partial charge in [0.25, 0.3) is 0 Å². The van der Waals surface area contributed by atoms with Gasteiger partial charge in [-0.25, -0.2) is 10.0 Å². The SMILES string of the molecule is C=C1c2ccccc2N=C(N)N1/N=C\C(C)C. The lowest BCUT2D eigenvalue weighted by Crippen LogP contribution is -2.33. The first-order valence-electron chi connectivity index (χ1n) is 5.56. The van der Waals surface area contributed by atoms with E-state index >= 15 is 0 Å². The van der Waals surface area contributed by atoms with Crippen LogP contribution >= 0.6 is 0 Å².